The molecule has 0 spiro atoms. The van der Waals surface area contributed by atoms with Gasteiger partial charge in [0.25, 0.3) is 0 Å². The Balaban J connectivity index is 2.36. The van der Waals surface area contributed by atoms with Gasteiger partial charge in [0.2, 0.25) is 0 Å². The maximum Gasteiger partial charge on any atom is 0.0275 e. The van der Waals surface area contributed by atoms with Gasteiger partial charge in [-0.15, -0.1) is 0 Å². The molecule has 3 heteroatoms. The van der Waals surface area contributed by atoms with E-state index in [0.29, 0.717) is 0 Å². The van der Waals surface area contributed by atoms with Gasteiger partial charge in [-0.2, -0.15) is 0 Å². The monoisotopic (exact) mass is 213 g/mol. The molecule has 90 valence electrons. The molecule has 0 aromatic carbocycles. The standard InChI is InChI=1S/C12H27N3/c1-12(2,10-13)15-7-5-11(6-8-15)9-14(3)4/h11H,5-10,13H2,1-4H3. The largest absolute Gasteiger partial charge is 0.329 e. The second-order valence-corrected chi connectivity index (χ2v) is 5.71. The van der Waals surface area contributed by atoms with E-state index in [-0.39, 0.29) is 5.54 Å². The fourth-order valence-corrected chi connectivity index (χ4v) is 2.37. The Bertz CT molecular complexity index is 181. The van der Waals surface area contributed by atoms with E-state index >= 15 is 0 Å². The van der Waals surface area contributed by atoms with Gasteiger partial charge in [0.15, 0.2) is 0 Å². The lowest BCUT2D eigenvalue weighted by molar-refractivity contribution is 0.0736. The summed E-state index contributed by atoms with van der Waals surface area (Å²) in [5.41, 5.74) is 5.99. The molecule has 0 atom stereocenters. The van der Waals surface area contributed by atoms with Crippen LogP contribution in [0.5, 0.6) is 0 Å². The lowest BCUT2D eigenvalue weighted by atomic mass is 9.92. The molecule has 1 heterocycles. The van der Waals surface area contributed by atoms with Crippen LogP contribution in [0, 0.1) is 5.92 Å². The first-order chi connectivity index (χ1) is 6.95. The highest BCUT2D eigenvalue weighted by molar-refractivity contribution is 4.86. The zero-order chi connectivity index (χ0) is 11.5. The van der Waals surface area contributed by atoms with Crippen LogP contribution in [0.25, 0.3) is 0 Å². The van der Waals surface area contributed by atoms with Gasteiger partial charge < -0.3 is 10.6 Å². The van der Waals surface area contributed by atoms with Gasteiger partial charge in [-0.3, -0.25) is 4.90 Å². The zero-order valence-electron chi connectivity index (χ0n) is 10.8. The Morgan fingerprint density at radius 3 is 2.20 bits per heavy atom. The van der Waals surface area contributed by atoms with E-state index in [0.717, 1.165) is 12.5 Å². The van der Waals surface area contributed by atoms with Crippen molar-refractivity contribution < 1.29 is 0 Å². The van der Waals surface area contributed by atoms with Crippen LogP contribution in [-0.4, -0.2) is 55.6 Å². The fourth-order valence-electron chi connectivity index (χ4n) is 2.37. The second kappa shape index (κ2) is 5.28. The smallest absolute Gasteiger partial charge is 0.0275 e. The summed E-state index contributed by atoms with van der Waals surface area (Å²) >= 11 is 0. The van der Waals surface area contributed by atoms with Gasteiger partial charge in [-0.25, -0.2) is 0 Å². The molecule has 1 fully saturated rings. The molecule has 0 aromatic heterocycles. The summed E-state index contributed by atoms with van der Waals surface area (Å²) in [5, 5.41) is 0. The predicted molar refractivity (Wildman–Crippen MR) is 66.0 cm³/mol. The number of hydrogen-bond acceptors (Lipinski definition) is 3. The first-order valence-corrected chi connectivity index (χ1v) is 6.05. The first-order valence-electron chi connectivity index (χ1n) is 6.05. The van der Waals surface area contributed by atoms with Crippen molar-refractivity contribution in [2.45, 2.75) is 32.2 Å². The Morgan fingerprint density at radius 1 is 1.27 bits per heavy atom. The number of nitrogens with two attached hydrogens (primary N) is 1. The van der Waals surface area contributed by atoms with E-state index in [1.54, 1.807) is 0 Å². The van der Waals surface area contributed by atoms with Crippen LogP contribution in [0.1, 0.15) is 26.7 Å². The Morgan fingerprint density at radius 2 is 1.80 bits per heavy atom. The molecule has 15 heavy (non-hydrogen) atoms. The lowest BCUT2D eigenvalue weighted by Crippen LogP contribution is -2.52. The lowest BCUT2D eigenvalue weighted by Gasteiger charge is -2.42. The number of likely N-dealkylation sites (tertiary alicyclic amines) is 1. The average Bonchev–Trinajstić information content (AvgIpc) is 2.18. The van der Waals surface area contributed by atoms with Crippen molar-refractivity contribution in [1.29, 1.82) is 0 Å². The normalized spacial score (nSPS) is 21.2. The third kappa shape index (κ3) is 3.74. The van der Waals surface area contributed by atoms with E-state index in [9.17, 15) is 0 Å². The van der Waals surface area contributed by atoms with E-state index in [1.807, 2.05) is 0 Å². The van der Waals surface area contributed by atoms with Crippen LogP contribution in [-0.2, 0) is 0 Å². The highest BCUT2D eigenvalue weighted by Crippen LogP contribution is 2.23. The highest BCUT2D eigenvalue weighted by Gasteiger charge is 2.29. The van der Waals surface area contributed by atoms with Crippen LogP contribution in [0.3, 0.4) is 0 Å². The van der Waals surface area contributed by atoms with Crippen LogP contribution < -0.4 is 5.73 Å². The number of piperidine rings is 1. The van der Waals surface area contributed by atoms with Crippen molar-refractivity contribution >= 4 is 0 Å². The van der Waals surface area contributed by atoms with Crippen molar-refractivity contribution in [2.75, 3.05) is 40.3 Å². The van der Waals surface area contributed by atoms with Crippen molar-refractivity contribution in [1.82, 2.24) is 9.80 Å². The van der Waals surface area contributed by atoms with Crippen LogP contribution >= 0.6 is 0 Å². The van der Waals surface area contributed by atoms with Crippen molar-refractivity contribution in [3.05, 3.63) is 0 Å². The summed E-state index contributed by atoms with van der Waals surface area (Å²) in [4.78, 5) is 4.84. The van der Waals surface area contributed by atoms with Gasteiger partial charge in [-0.1, -0.05) is 0 Å². The minimum Gasteiger partial charge on any atom is -0.329 e. The third-order valence-electron chi connectivity index (χ3n) is 3.59. The second-order valence-electron chi connectivity index (χ2n) is 5.71. The van der Waals surface area contributed by atoms with Gasteiger partial charge >= 0.3 is 0 Å². The summed E-state index contributed by atoms with van der Waals surface area (Å²) in [5.74, 6) is 0.879. The average molecular weight is 213 g/mol. The SMILES string of the molecule is CN(C)CC1CCN(C(C)(C)CN)CC1. The summed E-state index contributed by atoms with van der Waals surface area (Å²) in [7, 11) is 4.33. The molecular weight excluding hydrogens is 186 g/mol. The van der Waals surface area contributed by atoms with E-state index in [1.165, 1.54) is 32.5 Å². The molecule has 1 saturated heterocycles. The van der Waals surface area contributed by atoms with Crippen LogP contribution in [0.2, 0.25) is 0 Å². The summed E-state index contributed by atoms with van der Waals surface area (Å²) in [6, 6.07) is 0. The Labute approximate surface area is 94.6 Å². The number of hydrogen-bond donors (Lipinski definition) is 1. The molecule has 0 saturated carbocycles. The molecule has 0 aliphatic carbocycles. The molecule has 1 rings (SSSR count). The van der Waals surface area contributed by atoms with Crippen molar-refractivity contribution in [3.63, 3.8) is 0 Å². The molecule has 0 unspecified atom stereocenters. The van der Waals surface area contributed by atoms with Crippen molar-refractivity contribution in [3.8, 4) is 0 Å². The minimum atomic E-state index is 0.184. The summed E-state index contributed by atoms with van der Waals surface area (Å²) in [6.07, 6.45) is 2.64. The van der Waals surface area contributed by atoms with Gasteiger partial charge in [0, 0.05) is 18.6 Å². The van der Waals surface area contributed by atoms with E-state index < -0.39 is 0 Å². The maximum absolute atomic E-state index is 5.80. The van der Waals surface area contributed by atoms with E-state index in [4.69, 9.17) is 5.73 Å². The quantitative estimate of drug-likeness (QED) is 0.756. The molecule has 3 nitrogen and oxygen atoms in total. The molecule has 0 aromatic rings. The van der Waals surface area contributed by atoms with E-state index in [2.05, 4.69) is 37.7 Å². The number of rotatable bonds is 4. The molecule has 0 radical (unpaired) electrons. The van der Waals surface area contributed by atoms with Gasteiger partial charge in [0.1, 0.15) is 0 Å². The minimum absolute atomic E-state index is 0.184. The molecule has 1 aliphatic rings. The highest BCUT2D eigenvalue weighted by atomic mass is 15.2. The molecule has 0 amide bonds. The van der Waals surface area contributed by atoms with Crippen LogP contribution in [0.4, 0.5) is 0 Å². The topological polar surface area (TPSA) is 32.5 Å². The maximum atomic E-state index is 5.80. The van der Waals surface area contributed by atoms with Gasteiger partial charge in [0.05, 0.1) is 0 Å². The predicted octanol–water partition coefficient (Wildman–Crippen LogP) is 0.997. The molecular formula is C12H27N3. The van der Waals surface area contributed by atoms with Gasteiger partial charge in [-0.05, 0) is 59.8 Å². The van der Waals surface area contributed by atoms with Crippen LogP contribution in [0.15, 0.2) is 0 Å². The first kappa shape index (κ1) is 12.9. The fraction of sp³-hybridized carbons (Fsp3) is 1.00. The third-order valence-corrected chi connectivity index (χ3v) is 3.59. The Hall–Kier alpha value is -0.120. The van der Waals surface area contributed by atoms with Crippen molar-refractivity contribution in [2.24, 2.45) is 11.7 Å². The molecule has 2 N–H and O–H groups in total. The number of nitrogens with zero attached hydrogens (tertiary/aromatic N) is 2. The summed E-state index contributed by atoms with van der Waals surface area (Å²) in [6.45, 7) is 8.91. The molecule has 1 aliphatic heterocycles. The Kier molecular flexibility index (Phi) is 4.56. The molecule has 0 bridgehead atoms. The zero-order valence-corrected chi connectivity index (χ0v) is 10.8. The summed E-state index contributed by atoms with van der Waals surface area (Å²) < 4.78 is 0.